The molecule has 0 radical (unpaired) electrons. The summed E-state index contributed by atoms with van der Waals surface area (Å²) in [5.74, 6) is 1.61. The van der Waals surface area contributed by atoms with Gasteiger partial charge in [-0.2, -0.15) is 0 Å². The summed E-state index contributed by atoms with van der Waals surface area (Å²) in [6.45, 7) is 9.78. The number of nitro groups is 1. The molecule has 4 heterocycles. The highest BCUT2D eigenvalue weighted by atomic mass is 32.2. The van der Waals surface area contributed by atoms with E-state index in [9.17, 15) is 19.7 Å². The van der Waals surface area contributed by atoms with Crippen molar-refractivity contribution in [2.45, 2.75) is 44.9 Å². The van der Waals surface area contributed by atoms with E-state index in [0.717, 1.165) is 48.3 Å². The number of rotatable bonds is 4. The average Bonchev–Trinajstić information content (AvgIpc) is 3.61. The van der Waals surface area contributed by atoms with Gasteiger partial charge in [0.05, 0.1) is 21.0 Å². The van der Waals surface area contributed by atoms with E-state index in [2.05, 4.69) is 14.8 Å². The minimum Gasteiger partial charge on any atom is -0.444 e. The number of ether oxygens (including phenoxy) is 1. The zero-order valence-corrected chi connectivity index (χ0v) is 22.9. The van der Waals surface area contributed by atoms with Crippen LogP contribution in [0.1, 0.15) is 27.2 Å². The first-order valence-electron chi connectivity index (χ1n) is 12.5. The average molecular weight is 549 g/mol. The third kappa shape index (κ3) is 5.63. The molecule has 0 aliphatic carbocycles. The normalized spacial score (nSPS) is 23.2. The van der Waals surface area contributed by atoms with Crippen LogP contribution in [-0.2, 0) is 9.53 Å². The molecular formula is C24H32N6O5S2. The summed E-state index contributed by atoms with van der Waals surface area (Å²) < 4.78 is 6.59. The van der Waals surface area contributed by atoms with Crippen LogP contribution in [0.5, 0.6) is 0 Å². The molecule has 13 heteroatoms. The quantitative estimate of drug-likeness (QED) is 0.420. The molecular weight excluding hydrogens is 516 g/mol. The van der Waals surface area contributed by atoms with Crippen molar-refractivity contribution < 1.29 is 19.2 Å². The predicted octanol–water partition coefficient (Wildman–Crippen LogP) is 3.24. The van der Waals surface area contributed by atoms with Crippen molar-refractivity contribution in [3.8, 4) is 0 Å². The van der Waals surface area contributed by atoms with E-state index in [1.54, 1.807) is 22.7 Å². The monoisotopic (exact) mass is 548 g/mol. The van der Waals surface area contributed by atoms with Crippen molar-refractivity contribution in [2.24, 2.45) is 0 Å². The van der Waals surface area contributed by atoms with Crippen molar-refractivity contribution in [1.29, 1.82) is 0 Å². The highest BCUT2D eigenvalue weighted by molar-refractivity contribution is 7.99. The number of piperazine rings is 1. The van der Waals surface area contributed by atoms with Gasteiger partial charge in [-0.3, -0.25) is 24.7 Å². The van der Waals surface area contributed by atoms with E-state index in [4.69, 9.17) is 4.74 Å². The largest absolute Gasteiger partial charge is 0.444 e. The molecule has 0 spiro atoms. The number of benzene rings is 1. The highest BCUT2D eigenvalue weighted by Crippen LogP contribution is 2.33. The van der Waals surface area contributed by atoms with Crippen molar-refractivity contribution in [3.63, 3.8) is 0 Å². The highest BCUT2D eigenvalue weighted by Gasteiger charge is 2.45. The van der Waals surface area contributed by atoms with Gasteiger partial charge in [-0.1, -0.05) is 11.3 Å². The molecule has 3 fully saturated rings. The molecule has 0 N–H and O–H groups in total. The van der Waals surface area contributed by atoms with Crippen molar-refractivity contribution in [3.05, 3.63) is 28.3 Å². The first-order valence-corrected chi connectivity index (χ1v) is 14.5. The van der Waals surface area contributed by atoms with Gasteiger partial charge >= 0.3 is 6.09 Å². The van der Waals surface area contributed by atoms with E-state index in [-0.39, 0.29) is 17.6 Å². The second kappa shape index (κ2) is 10.3. The van der Waals surface area contributed by atoms with Crippen LogP contribution >= 0.6 is 23.1 Å². The number of carbonyl (C=O) groups is 2. The first kappa shape index (κ1) is 26.0. The van der Waals surface area contributed by atoms with E-state index in [1.165, 1.54) is 23.5 Å². The molecule has 0 saturated carbocycles. The Hall–Kier alpha value is -2.64. The van der Waals surface area contributed by atoms with Crippen LogP contribution in [0.2, 0.25) is 0 Å². The number of thioether (sulfide) groups is 1. The van der Waals surface area contributed by atoms with Gasteiger partial charge in [0.2, 0.25) is 5.91 Å². The fraction of sp³-hybridized carbons (Fsp3) is 0.625. The third-order valence-electron chi connectivity index (χ3n) is 6.93. The molecule has 1 aromatic heterocycles. The topological polar surface area (TPSA) is 112 Å². The maximum Gasteiger partial charge on any atom is 0.411 e. The molecule has 3 saturated heterocycles. The zero-order chi connectivity index (χ0) is 26.3. The van der Waals surface area contributed by atoms with Crippen LogP contribution in [0.25, 0.3) is 10.2 Å². The lowest BCUT2D eigenvalue weighted by Gasteiger charge is -2.37. The summed E-state index contributed by atoms with van der Waals surface area (Å²) in [5.41, 5.74) is 0.0543. The molecule has 2 amide bonds. The summed E-state index contributed by atoms with van der Waals surface area (Å²) >= 11 is 3.27. The van der Waals surface area contributed by atoms with Crippen LogP contribution in [0.15, 0.2) is 18.2 Å². The number of amides is 2. The Morgan fingerprint density at radius 1 is 1.16 bits per heavy atom. The third-order valence-corrected chi connectivity index (χ3v) is 8.99. The number of hydrogen-bond donors (Lipinski definition) is 0. The Morgan fingerprint density at radius 2 is 1.92 bits per heavy atom. The fourth-order valence-electron chi connectivity index (χ4n) is 5.06. The molecule has 37 heavy (non-hydrogen) atoms. The van der Waals surface area contributed by atoms with Gasteiger partial charge in [-0.15, -0.1) is 11.8 Å². The van der Waals surface area contributed by atoms with Crippen molar-refractivity contribution in [1.82, 2.24) is 19.7 Å². The van der Waals surface area contributed by atoms with Gasteiger partial charge in [0, 0.05) is 63.2 Å². The molecule has 3 aliphatic heterocycles. The molecule has 11 nitrogen and oxygen atoms in total. The second-order valence-electron chi connectivity index (χ2n) is 10.6. The Morgan fingerprint density at radius 3 is 2.57 bits per heavy atom. The Bertz CT molecular complexity index is 1190. The van der Waals surface area contributed by atoms with Gasteiger partial charge in [-0.05, 0) is 33.3 Å². The molecule has 0 bridgehead atoms. The molecule has 5 rings (SSSR count). The maximum atomic E-state index is 13.3. The van der Waals surface area contributed by atoms with Gasteiger partial charge in [0.1, 0.15) is 11.6 Å². The number of hydrogen-bond acceptors (Lipinski definition) is 10. The number of fused-ring (bicyclic) bond motifs is 1. The number of likely N-dealkylation sites (tertiary alicyclic amines) is 1. The molecule has 2 atom stereocenters. The number of nitro benzene ring substituents is 1. The van der Waals surface area contributed by atoms with Crippen LogP contribution in [-0.4, -0.2) is 105 Å². The van der Waals surface area contributed by atoms with Gasteiger partial charge in [0.15, 0.2) is 5.13 Å². The van der Waals surface area contributed by atoms with Crippen LogP contribution < -0.4 is 4.90 Å². The van der Waals surface area contributed by atoms with Crippen LogP contribution in [0.3, 0.4) is 0 Å². The van der Waals surface area contributed by atoms with E-state index >= 15 is 0 Å². The van der Waals surface area contributed by atoms with Gasteiger partial charge in [0.25, 0.3) is 5.69 Å². The number of thiazole rings is 1. The zero-order valence-electron chi connectivity index (χ0n) is 21.3. The summed E-state index contributed by atoms with van der Waals surface area (Å²) in [6.07, 6.45) is 0.173. The number of aromatic nitrogens is 1. The minimum absolute atomic E-state index is 0.0144. The first-order chi connectivity index (χ1) is 17.6. The standard InChI is InChI=1S/C24H32N6O5S2/c1-24(2,3)35-23(32)29-14-17(13-19(29)21(31)28-10-11-36-15-28)26-6-8-27(9-7-26)22-25-18-12-16(30(33)34)4-5-20(18)37-22/h4-5,12,17,19H,6-11,13-15H2,1-3H3/t17-,19-/m0/s1. The number of non-ortho nitro benzene ring substituents is 1. The SMILES string of the molecule is CC(C)(C)OC(=O)N1C[C@@H](N2CCN(c3nc4cc([N+](=O)[O-])ccc4s3)CC2)C[C@H]1C(=O)N1CCSC1. The maximum absolute atomic E-state index is 13.3. The van der Waals surface area contributed by atoms with Crippen molar-refractivity contribution >= 4 is 56.1 Å². The fourth-order valence-corrected chi connectivity index (χ4v) is 7.02. The summed E-state index contributed by atoms with van der Waals surface area (Å²) in [7, 11) is 0. The van der Waals surface area contributed by atoms with Crippen LogP contribution in [0.4, 0.5) is 15.6 Å². The molecule has 1 aromatic carbocycles. The lowest BCUT2D eigenvalue weighted by molar-refractivity contribution is -0.384. The van der Waals surface area contributed by atoms with E-state index < -0.39 is 22.7 Å². The van der Waals surface area contributed by atoms with Gasteiger partial charge < -0.3 is 14.5 Å². The minimum atomic E-state index is -0.629. The molecule has 200 valence electrons. The van der Waals surface area contributed by atoms with E-state index in [1.807, 2.05) is 25.7 Å². The summed E-state index contributed by atoms with van der Waals surface area (Å²) in [5, 5.41) is 12.0. The molecule has 2 aromatic rings. The van der Waals surface area contributed by atoms with Crippen LogP contribution in [0, 0.1) is 10.1 Å². The molecule has 0 unspecified atom stereocenters. The lowest BCUT2D eigenvalue weighted by Crippen LogP contribution is -2.51. The number of nitrogens with zero attached hydrogens (tertiary/aromatic N) is 6. The smallest absolute Gasteiger partial charge is 0.411 e. The Balaban J connectivity index is 1.25. The Labute approximate surface area is 223 Å². The number of carbonyl (C=O) groups excluding carboxylic acids is 2. The lowest BCUT2D eigenvalue weighted by atomic mass is 10.1. The second-order valence-corrected chi connectivity index (χ2v) is 12.7. The summed E-state index contributed by atoms with van der Waals surface area (Å²) in [4.78, 5) is 49.8. The Kier molecular flexibility index (Phi) is 7.20. The number of anilines is 1. The molecule has 3 aliphatic rings. The van der Waals surface area contributed by atoms with Crippen molar-refractivity contribution in [2.75, 3.05) is 55.8 Å². The summed E-state index contributed by atoms with van der Waals surface area (Å²) in [6, 6.07) is 4.36. The van der Waals surface area contributed by atoms with E-state index in [0.29, 0.717) is 24.4 Å². The predicted molar refractivity (Wildman–Crippen MR) is 144 cm³/mol. The van der Waals surface area contributed by atoms with Gasteiger partial charge in [-0.25, -0.2) is 9.78 Å².